The highest BCUT2D eigenvalue weighted by Crippen LogP contribution is 2.43. The fourth-order valence-corrected chi connectivity index (χ4v) is 12.7. The molecule has 0 aliphatic heterocycles. The van der Waals surface area contributed by atoms with E-state index in [4.69, 9.17) is 0 Å². The Kier molecular flexibility index (Phi) is 10.6. The van der Waals surface area contributed by atoms with Gasteiger partial charge in [0.05, 0.1) is 0 Å². The Labute approximate surface area is 260 Å². The molecule has 43 heavy (non-hydrogen) atoms. The van der Waals surface area contributed by atoms with Gasteiger partial charge in [-0.3, -0.25) is 4.90 Å². The number of rotatable bonds is 12. The summed E-state index contributed by atoms with van der Waals surface area (Å²) >= 11 is 0. The second-order valence-corrected chi connectivity index (χ2v) is 16.9. The van der Waals surface area contributed by atoms with Crippen LogP contribution in [0.4, 0.5) is 0 Å². The maximum atomic E-state index is 2.81. The van der Waals surface area contributed by atoms with Crippen molar-refractivity contribution in [3.8, 4) is 0 Å². The van der Waals surface area contributed by atoms with E-state index < -0.39 is 23.8 Å². The first-order valence-electron chi connectivity index (χ1n) is 14.7. The average molecular weight is 612 g/mol. The molecular formula is C39H36NP3. The van der Waals surface area contributed by atoms with Crippen molar-refractivity contribution in [2.24, 2.45) is 0 Å². The molecule has 0 atom stereocenters. The maximum absolute atomic E-state index is 2.81. The third-order valence-corrected chi connectivity index (χ3v) is 15.0. The van der Waals surface area contributed by atoms with Gasteiger partial charge in [0, 0.05) is 18.9 Å². The van der Waals surface area contributed by atoms with Gasteiger partial charge in [0.1, 0.15) is 0 Å². The normalized spacial score (nSPS) is 11.4. The summed E-state index contributed by atoms with van der Waals surface area (Å²) < 4.78 is 0. The van der Waals surface area contributed by atoms with Crippen LogP contribution in [0.25, 0.3) is 0 Å². The van der Waals surface area contributed by atoms with Gasteiger partial charge in [-0.05, 0) is 55.6 Å². The van der Waals surface area contributed by atoms with E-state index in [-0.39, 0.29) is 0 Å². The van der Waals surface area contributed by atoms with Gasteiger partial charge in [0.15, 0.2) is 0 Å². The minimum absolute atomic E-state index is 0.580. The minimum Gasteiger partial charge on any atom is -0.289 e. The molecule has 0 aromatic heterocycles. The van der Waals surface area contributed by atoms with Gasteiger partial charge in [-0.2, -0.15) is 0 Å². The molecule has 0 spiro atoms. The Morgan fingerprint density at radius 1 is 0.256 bits per heavy atom. The van der Waals surface area contributed by atoms with Crippen molar-refractivity contribution in [1.29, 1.82) is 0 Å². The first-order valence-corrected chi connectivity index (χ1v) is 19.3. The first kappa shape index (κ1) is 29.6. The lowest BCUT2D eigenvalue weighted by molar-refractivity contribution is 0.440. The van der Waals surface area contributed by atoms with Crippen LogP contribution in [-0.4, -0.2) is 23.8 Å². The highest BCUT2D eigenvalue weighted by Gasteiger charge is 2.26. The topological polar surface area (TPSA) is 3.24 Å². The number of benzene rings is 6. The quantitative estimate of drug-likeness (QED) is 0.129. The molecule has 212 valence electrons. The zero-order valence-corrected chi connectivity index (χ0v) is 26.9. The summed E-state index contributed by atoms with van der Waals surface area (Å²) in [6.07, 6.45) is 3.04. The molecule has 1 nitrogen and oxygen atoms in total. The molecule has 0 saturated carbocycles. The standard InChI is InChI=1S/C39H36NP3/c1-7-19-34(20-8-1)41(35-21-9-2-10-22-35)31-40(32-42(36-23-11-3-12-24-36)37-25-13-4-14-26-37)33-43(38-27-15-5-16-28-38)39-29-17-6-18-30-39/h1-30H,31-33H2. The predicted octanol–water partition coefficient (Wildman–Crippen LogP) is 7.56. The van der Waals surface area contributed by atoms with E-state index in [1.54, 1.807) is 0 Å². The molecule has 0 N–H and O–H groups in total. The van der Waals surface area contributed by atoms with E-state index in [9.17, 15) is 0 Å². The van der Waals surface area contributed by atoms with Crippen LogP contribution in [0.3, 0.4) is 0 Å². The zero-order valence-electron chi connectivity index (χ0n) is 24.2. The van der Waals surface area contributed by atoms with Gasteiger partial charge in [-0.25, -0.2) is 0 Å². The van der Waals surface area contributed by atoms with Crippen LogP contribution in [0, 0.1) is 0 Å². The third kappa shape index (κ3) is 7.95. The Morgan fingerprint density at radius 2 is 0.419 bits per heavy atom. The smallest absolute Gasteiger partial charge is 0.0273 e. The lowest BCUT2D eigenvalue weighted by Crippen LogP contribution is -2.34. The summed E-state index contributed by atoms with van der Waals surface area (Å²) in [6.45, 7) is 0. The van der Waals surface area contributed by atoms with Crippen molar-refractivity contribution in [2.75, 3.05) is 18.9 Å². The molecule has 0 aliphatic rings. The number of hydrogen-bond donors (Lipinski definition) is 0. The molecule has 0 amide bonds. The van der Waals surface area contributed by atoms with Crippen LogP contribution in [0.5, 0.6) is 0 Å². The zero-order chi connectivity index (χ0) is 29.1. The number of hydrogen-bond acceptors (Lipinski definition) is 1. The molecule has 6 aromatic carbocycles. The second-order valence-electron chi connectivity index (χ2n) is 10.4. The predicted molar refractivity (Wildman–Crippen MR) is 194 cm³/mol. The van der Waals surface area contributed by atoms with Crippen LogP contribution >= 0.6 is 23.8 Å². The van der Waals surface area contributed by atoms with Gasteiger partial charge < -0.3 is 0 Å². The molecule has 0 bridgehead atoms. The lowest BCUT2D eigenvalue weighted by atomic mass is 10.4. The van der Waals surface area contributed by atoms with Crippen molar-refractivity contribution >= 4 is 55.6 Å². The van der Waals surface area contributed by atoms with Crippen LogP contribution < -0.4 is 31.8 Å². The SMILES string of the molecule is c1ccc(P(CN(CP(c2ccccc2)c2ccccc2)CP(c2ccccc2)c2ccccc2)c2ccccc2)cc1. The van der Waals surface area contributed by atoms with Crippen molar-refractivity contribution in [2.45, 2.75) is 0 Å². The Balaban J connectivity index is 1.43. The van der Waals surface area contributed by atoms with E-state index in [1.807, 2.05) is 0 Å². The molecule has 0 unspecified atom stereocenters. The Bertz CT molecular complexity index is 1310. The summed E-state index contributed by atoms with van der Waals surface area (Å²) in [4.78, 5) is 2.81. The van der Waals surface area contributed by atoms with Gasteiger partial charge in [-0.1, -0.05) is 182 Å². The summed E-state index contributed by atoms with van der Waals surface area (Å²) in [5, 5.41) is 8.59. The summed E-state index contributed by atoms with van der Waals surface area (Å²) in [6, 6.07) is 67.0. The monoisotopic (exact) mass is 611 g/mol. The fraction of sp³-hybridized carbons (Fsp3) is 0.0769. The molecule has 0 fully saturated rings. The van der Waals surface area contributed by atoms with Crippen LogP contribution in [0.1, 0.15) is 0 Å². The molecular weight excluding hydrogens is 575 g/mol. The van der Waals surface area contributed by atoms with Gasteiger partial charge >= 0.3 is 0 Å². The summed E-state index contributed by atoms with van der Waals surface area (Å²) in [5.41, 5.74) is 0. The Hall–Kier alpha value is -3.43. The lowest BCUT2D eigenvalue weighted by Gasteiger charge is -2.35. The average Bonchev–Trinajstić information content (AvgIpc) is 3.10. The highest BCUT2D eigenvalue weighted by atomic mass is 31.1. The van der Waals surface area contributed by atoms with Crippen LogP contribution in [0.2, 0.25) is 0 Å². The molecule has 6 aromatic rings. The fourth-order valence-electron chi connectivity index (χ4n) is 5.32. The molecule has 6 rings (SSSR count). The van der Waals surface area contributed by atoms with Crippen molar-refractivity contribution in [1.82, 2.24) is 4.90 Å². The Morgan fingerprint density at radius 3 is 0.581 bits per heavy atom. The van der Waals surface area contributed by atoms with Gasteiger partial charge in [0.2, 0.25) is 0 Å². The van der Waals surface area contributed by atoms with E-state index >= 15 is 0 Å². The van der Waals surface area contributed by atoms with E-state index in [0.717, 1.165) is 18.9 Å². The molecule has 0 radical (unpaired) electrons. The van der Waals surface area contributed by atoms with E-state index in [1.165, 1.54) is 31.8 Å². The molecule has 0 saturated heterocycles. The number of nitrogens with zero attached hydrogens (tertiary/aromatic N) is 1. The highest BCUT2D eigenvalue weighted by molar-refractivity contribution is 7.74. The van der Waals surface area contributed by atoms with Crippen molar-refractivity contribution < 1.29 is 0 Å². The van der Waals surface area contributed by atoms with E-state index in [2.05, 4.69) is 187 Å². The van der Waals surface area contributed by atoms with Gasteiger partial charge in [0.25, 0.3) is 0 Å². The summed E-state index contributed by atoms with van der Waals surface area (Å²) in [7, 11) is -1.74. The van der Waals surface area contributed by atoms with Crippen LogP contribution in [0.15, 0.2) is 182 Å². The van der Waals surface area contributed by atoms with Crippen molar-refractivity contribution in [3.63, 3.8) is 0 Å². The molecule has 0 aliphatic carbocycles. The van der Waals surface area contributed by atoms with Crippen LogP contribution in [-0.2, 0) is 0 Å². The van der Waals surface area contributed by atoms with Crippen molar-refractivity contribution in [3.05, 3.63) is 182 Å². The van der Waals surface area contributed by atoms with E-state index in [0.29, 0.717) is 0 Å². The largest absolute Gasteiger partial charge is 0.289 e. The molecule has 0 heterocycles. The third-order valence-electron chi connectivity index (χ3n) is 7.43. The minimum atomic E-state index is -0.580. The summed E-state index contributed by atoms with van der Waals surface area (Å²) in [5.74, 6) is 0. The first-order chi connectivity index (χ1) is 21.3. The molecule has 4 heteroatoms. The maximum Gasteiger partial charge on any atom is 0.0273 e. The second kappa shape index (κ2) is 15.3. The van der Waals surface area contributed by atoms with Gasteiger partial charge in [-0.15, -0.1) is 0 Å².